The van der Waals surface area contributed by atoms with Gasteiger partial charge in [-0.2, -0.15) is 26.3 Å². The van der Waals surface area contributed by atoms with E-state index in [0.717, 1.165) is 41.3 Å². The summed E-state index contributed by atoms with van der Waals surface area (Å²) in [6.45, 7) is 0.324. The Bertz CT molecular complexity index is 1390. The lowest BCUT2D eigenvalue weighted by molar-refractivity contribution is -0.138. The van der Waals surface area contributed by atoms with Gasteiger partial charge in [0.1, 0.15) is 6.04 Å². The average molecular weight is 674 g/mol. The molecule has 1 aliphatic heterocycles. The van der Waals surface area contributed by atoms with Gasteiger partial charge in [0.15, 0.2) is 0 Å². The highest BCUT2D eigenvalue weighted by Crippen LogP contribution is 2.30. The molecule has 1 fully saturated rings. The molecule has 4 unspecified atom stereocenters. The van der Waals surface area contributed by atoms with Gasteiger partial charge in [0.05, 0.1) is 17.2 Å². The van der Waals surface area contributed by atoms with E-state index in [1.807, 2.05) is 0 Å². The first-order valence-corrected chi connectivity index (χ1v) is 14.6. The molecule has 0 saturated carbocycles. The number of carbonyl (C=O) groups is 4. The third kappa shape index (κ3) is 10.7. The summed E-state index contributed by atoms with van der Waals surface area (Å²) in [5, 5.41) is 5.01. The van der Waals surface area contributed by atoms with Crippen molar-refractivity contribution in [2.24, 2.45) is 17.2 Å². The van der Waals surface area contributed by atoms with Crippen LogP contribution < -0.4 is 27.8 Å². The fourth-order valence-electron chi connectivity index (χ4n) is 4.80. The Morgan fingerprint density at radius 3 is 1.91 bits per heavy atom. The van der Waals surface area contributed by atoms with E-state index in [1.165, 1.54) is 24.1 Å². The van der Waals surface area contributed by atoms with Crippen LogP contribution >= 0.6 is 0 Å². The SMILES string of the molecule is CN(CCNC(=O)c1ccc(C(F)(F)F)cc1)C(=O)C(Cc1ccc(C(F)(F)F)cc1)NC(=O)C(N)CCC(=O)N1CC(N)C(N)C1. The van der Waals surface area contributed by atoms with Crippen molar-refractivity contribution in [3.05, 3.63) is 70.8 Å². The molecule has 17 heteroatoms. The largest absolute Gasteiger partial charge is 0.416 e. The molecule has 258 valence electrons. The number of nitrogens with two attached hydrogens (primary N) is 3. The molecule has 0 radical (unpaired) electrons. The highest BCUT2D eigenvalue weighted by atomic mass is 19.4. The van der Waals surface area contributed by atoms with E-state index >= 15 is 0 Å². The van der Waals surface area contributed by atoms with Crippen LogP contribution in [0.25, 0.3) is 0 Å². The Hall–Kier alpha value is -4.22. The van der Waals surface area contributed by atoms with Gasteiger partial charge in [-0.25, -0.2) is 0 Å². The molecule has 1 aliphatic rings. The molecule has 1 saturated heterocycles. The lowest BCUT2D eigenvalue weighted by Crippen LogP contribution is -2.53. The quantitative estimate of drug-likeness (QED) is 0.211. The van der Waals surface area contributed by atoms with Crippen LogP contribution in [0.1, 0.15) is 39.9 Å². The second kappa shape index (κ2) is 15.6. The topological polar surface area (TPSA) is 177 Å². The minimum absolute atomic E-state index is 0.0395. The Balaban J connectivity index is 1.63. The first-order valence-electron chi connectivity index (χ1n) is 14.6. The van der Waals surface area contributed by atoms with E-state index in [-0.39, 0.29) is 69.0 Å². The molecular formula is C30H37F6N7O4. The van der Waals surface area contributed by atoms with Crippen molar-refractivity contribution < 1.29 is 45.5 Å². The number of benzene rings is 2. The van der Waals surface area contributed by atoms with E-state index in [9.17, 15) is 45.5 Å². The van der Waals surface area contributed by atoms with Gasteiger partial charge in [-0.1, -0.05) is 12.1 Å². The summed E-state index contributed by atoms with van der Waals surface area (Å²) in [7, 11) is 1.36. The van der Waals surface area contributed by atoms with Gasteiger partial charge in [-0.3, -0.25) is 19.2 Å². The zero-order valence-electron chi connectivity index (χ0n) is 25.4. The third-order valence-corrected chi connectivity index (χ3v) is 7.69. The molecule has 8 N–H and O–H groups in total. The van der Waals surface area contributed by atoms with Crippen LogP contribution in [0.2, 0.25) is 0 Å². The highest BCUT2D eigenvalue weighted by molar-refractivity contribution is 5.94. The normalized spacial score (nSPS) is 18.0. The van der Waals surface area contributed by atoms with Gasteiger partial charge in [0.2, 0.25) is 17.7 Å². The number of hydrogen-bond acceptors (Lipinski definition) is 7. The zero-order chi connectivity index (χ0) is 35.1. The number of nitrogens with one attached hydrogen (secondary N) is 2. The first-order chi connectivity index (χ1) is 21.9. The Morgan fingerprint density at radius 1 is 0.894 bits per heavy atom. The average Bonchev–Trinajstić information content (AvgIpc) is 3.35. The third-order valence-electron chi connectivity index (χ3n) is 7.69. The number of carbonyl (C=O) groups excluding carboxylic acids is 4. The van der Waals surface area contributed by atoms with Gasteiger partial charge in [0.25, 0.3) is 5.91 Å². The lowest BCUT2D eigenvalue weighted by atomic mass is 10.0. The number of alkyl halides is 6. The summed E-state index contributed by atoms with van der Waals surface area (Å²) in [6, 6.07) is 4.32. The lowest BCUT2D eigenvalue weighted by Gasteiger charge is -2.26. The van der Waals surface area contributed by atoms with E-state index in [4.69, 9.17) is 17.2 Å². The van der Waals surface area contributed by atoms with Gasteiger partial charge in [0, 0.05) is 63.7 Å². The highest BCUT2D eigenvalue weighted by Gasteiger charge is 2.33. The number of amides is 4. The van der Waals surface area contributed by atoms with Crippen LogP contribution in [0.5, 0.6) is 0 Å². The minimum Gasteiger partial charge on any atom is -0.350 e. The van der Waals surface area contributed by atoms with Gasteiger partial charge in [-0.15, -0.1) is 0 Å². The maximum absolute atomic E-state index is 13.4. The molecule has 2 aromatic rings. The Labute approximate surface area is 266 Å². The predicted molar refractivity (Wildman–Crippen MR) is 158 cm³/mol. The van der Waals surface area contributed by atoms with Crippen molar-refractivity contribution in [2.45, 2.75) is 55.8 Å². The van der Waals surface area contributed by atoms with Crippen molar-refractivity contribution in [3.63, 3.8) is 0 Å². The van der Waals surface area contributed by atoms with Crippen LogP contribution in [0.15, 0.2) is 48.5 Å². The molecule has 4 amide bonds. The summed E-state index contributed by atoms with van der Waals surface area (Å²) in [6.07, 6.45) is -9.52. The zero-order valence-corrected chi connectivity index (χ0v) is 25.4. The molecule has 0 spiro atoms. The second-order valence-corrected chi connectivity index (χ2v) is 11.3. The molecule has 2 aromatic carbocycles. The summed E-state index contributed by atoms with van der Waals surface area (Å²) in [4.78, 5) is 53.9. The number of rotatable bonds is 12. The fraction of sp³-hybridized carbons (Fsp3) is 0.467. The maximum Gasteiger partial charge on any atom is 0.416 e. The van der Waals surface area contributed by atoms with Crippen molar-refractivity contribution in [3.8, 4) is 0 Å². The van der Waals surface area contributed by atoms with Crippen molar-refractivity contribution >= 4 is 23.6 Å². The first kappa shape index (κ1) is 37.2. The molecule has 0 aromatic heterocycles. The van der Waals surface area contributed by atoms with Crippen LogP contribution in [0.4, 0.5) is 26.3 Å². The van der Waals surface area contributed by atoms with Crippen molar-refractivity contribution in [1.29, 1.82) is 0 Å². The van der Waals surface area contributed by atoms with Gasteiger partial charge in [-0.05, 0) is 48.4 Å². The summed E-state index contributed by atoms with van der Waals surface area (Å²) < 4.78 is 77.5. The van der Waals surface area contributed by atoms with Crippen LogP contribution in [-0.4, -0.2) is 90.8 Å². The monoisotopic (exact) mass is 673 g/mol. The minimum atomic E-state index is -4.58. The van der Waals surface area contributed by atoms with Gasteiger partial charge >= 0.3 is 12.4 Å². The molecule has 0 bridgehead atoms. The smallest absolute Gasteiger partial charge is 0.350 e. The summed E-state index contributed by atoms with van der Waals surface area (Å²) in [5.74, 6) is -2.42. The molecule has 1 heterocycles. The number of likely N-dealkylation sites (tertiary alicyclic amines) is 1. The van der Waals surface area contributed by atoms with Crippen molar-refractivity contribution in [2.75, 3.05) is 33.2 Å². The van der Waals surface area contributed by atoms with E-state index in [0.29, 0.717) is 5.56 Å². The standard InChI is InChI=1S/C30H37F6N7O4/c1-42(13-12-40-26(45)18-4-8-20(9-5-18)30(34,35)36)28(47)24(14-17-2-6-19(7-3-17)29(31,32)33)41-27(46)21(37)10-11-25(44)43-15-22(38)23(39)16-43/h2-9,21-24H,10-16,37-39H2,1H3,(H,40,45)(H,41,46). The van der Waals surface area contributed by atoms with Crippen LogP contribution in [0, 0.1) is 0 Å². The number of halogens is 6. The summed E-state index contributed by atoms with van der Waals surface area (Å²) in [5.41, 5.74) is 16.1. The van der Waals surface area contributed by atoms with E-state index in [2.05, 4.69) is 10.6 Å². The second-order valence-electron chi connectivity index (χ2n) is 11.3. The predicted octanol–water partition coefficient (Wildman–Crippen LogP) is 1.24. The Morgan fingerprint density at radius 2 is 1.40 bits per heavy atom. The number of nitrogens with zero attached hydrogens (tertiary/aromatic N) is 2. The van der Waals surface area contributed by atoms with E-state index < -0.39 is 53.3 Å². The molecule has 0 aliphatic carbocycles. The van der Waals surface area contributed by atoms with Gasteiger partial charge < -0.3 is 37.6 Å². The Kier molecular flexibility index (Phi) is 12.3. The molecule has 11 nitrogen and oxygen atoms in total. The summed E-state index contributed by atoms with van der Waals surface area (Å²) >= 11 is 0. The maximum atomic E-state index is 13.4. The van der Waals surface area contributed by atoms with Crippen molar-refractivity contribution in [1.82, 2.24) is 20.4 Å². The fourth-order valence-corrected chi connectivity index (χ4v) is 4.80. The van der Waals surface area contributed by atoms with Crippen LogP contribution in [0.3, 0.4) is 0 Å². The molecular weight excluding hydrogens is 636 g/mol. The molecule has 3 rings (SSSR count). The molecule has 47 heavy (non-hydrogen) atoms. The molecule has 4 atom stereocenters. The number of likely N-dealkylation sites (N-methyl/N-ethyl adjacent to an activating group) is 1. The number of hydrogen-bond donors (Lipinski definition) is 5. The van der Waals surface area contributed by atoms with Crippen LogP contribution in [-0.2, 0) is 33.2 Å². The van der Waals surface area contributed by atoms with E-state index in [1.54, 1.807) is 0 Å².